The van der Waals surface area contributed by atoms with Gasteiger partial charge in [0.15, 0.2) is 0 Å². The maximum absolute atomic E-state index is 13.6. The van der Waals surface area contributed by atoms with E-state index in [4.69, 9.17) is 11.6 Å². The first-order valence-electron chi connectivity index (χ1n) is 6.27. The summed E-state index contributed by atoms with van der Waals surface area (Å²) >= 11 is 5.66. The van der Waals surface area contributed by atoms with E-state index in [-0.39, 0.29) is 10.6 Å². The van der Waals surface area contributed by atoms with Gasteiger partial charge in [-0.2, -0.15) is 0 Å². The topological polar surface area (TPSA) is 29.1 Å². The van der Waals surface area contributed by atoms with Crippen molar-refractivity contribution >= 4 is 17.5 Å². The van der Waals surface area contributed by atoms with E-state index in [0.717, 1.165) is 17.2 Å². The van der Waals surface area contributed by atoms with Gasteiger partial charge >= 0.3 is 0 Å². The highest BCUT2D eigenvalue weighted by Gasteiger charge is 2.12. The Labute approximate surface area is 122 Å². The number of nitrogens with one attached hydrogen (secondary N) is 1. The zero-order chi connectivity index (χ0) is 14.7. The van der Waals surface area contributed by atoms with Gasteiger partial charge in [0.25, 0.3) is 5.91 Å². The predicted molar refractivity (Wildman–Crippen MR) is 78.5 cm³/mol. The van der Waals surface area contributed by atoms with Crippen LogP contribution in [0, 0.1) is 19.7 Å². The lowest BCUT2D eigenvalue weighted by molar-refractivity contribution is 0.0947. The minimum Gasteiger partial charge on any atom is -0.348 e. The van der Waals surface area contributed by atoms with Crippen molar-refractivity contribution in [1.82, 2.24) is 5.32 Å². The van der Waals surface area contributed by atoms with Crippen molar-refractivity contribution in [2.75, 3.05) is 0 Å². The lowest BCUT2D eigenvalue weighted by Gasteiger charge is -2.09. The molecule has 0 unspecified atom stereocenters. The third-order valence-electron chi connectivity index (χ3n) is 3.11. The van der Waals surface area contributed by atoms with Gasteiger partial charge in [0.05, 0.1) is 5.56 Å². The number of aryl methyl sites for hydroxylation is 2. The molecule has 1 amide bonds. The number of rotatable bonds is 3. The lowest BCUT2D eigenvalue weighted by Crippen LogP contribution is -2.24. The van der Waals surface area contributed by atoms with Crippen LogP contribution < -0.4 is 5.32 Å². The van der Waals surface area contributed by atoms with Crippen LogP contribution in [-0.2, 0) is 6.54 Å². The Kier molecular flexibility index (Phi) is 4.40. The molecule has 2 aromatic rings. The van der Waals surface area contributed by atoms with Crippen molar-refractivity contribution in [1.29, 1.82) is 0 Å². The average Bonchev–Trinajstić information content (AvgIpc) is 2.37. The minimum atomic E-state index is -0.615. The summed E-state index contributed by atoms with van der Waals surface area (Å²) in [6.07, 6.45) is 0. The predicted octanol–water partition coefficient (Wildman–Crippen LogP) is 4.03. The third-order valence-corrected chi connectivity index (χ3v) is 3.35. The molecule has 0 aliphatic heterocycles. The van der Waals surface area contributed by atoms with Crippen LogP contribution >= 0.6 is 11.6 Å². The Hall–Kier alpha value is -1.87. The molecule has 104 valence electrons. The molecule has 0 spiro atoms. The van der Waals surface area contributed by atoms with Gasteiger partial charge in [-0.05, 0) is 43.2 Å². The molecule has 0 saturated heterocycles. The zero-order valence-electron chi connectivity index (χ0n) is 11.3. The summed E-state index contributed by atoms with van der Waals surface area (Å²) in [5.41, 5.74) is 3.28. The monoisotopic (exact) mass is 291 g/mol. The second-order valence-corrected chi connectivity index (χ2v) is 5.17. The number of carbonyl (C=O) groups is 1. The molecule has 2 rings (SSSR count). The standard InChI is InChI=1S/C16H15ClFNO/c1-10-3-4-12(11(2)7-10)9-19-16(20)14-6-5-13(17)8-15(14)18/h3-8H,9H2,1-2H3,(H,19,20). The Balaban J connectivity index is 2.08. The van der Waals surface area contributed by atoms with Gasteiger partial charge in [0.1, 0.15) is 5.82 Å². The summed E-state index contributed by atoms with van der Waals surface area (Å²) in [6, 6.07) is 10.0. The highest BCUT2D eigenvalue weighted by molar-refractivity contribution is 6.30. The highest BCUT2D eigenvalue weighted by Crippen LogP contribution is 2.15. The molecule has 2 nitrogen and oxygen atoms in total. The van der Waals surface area contributed by atoms with Crippen molar-refractivity contribution < 1.29 is 9.18 Å². The van der Waals surface area contributed by atoms with Crippen molar-refractivity contribution in [2.45, 2.75) is 20.4 Å². The Morgan fingerprint density at radius 1 is 1.20 bits per heavy atom. The SMILES string of the molecule is Cc1ccc(CNC(=O)c2ccc(Cl)cc2F)c(C)c1. The first kappa shape index (κ1) is 14.5. The van der Waals surface area contributed by atoms with Gasteiger partial charge < -0.3 is 5.32 Å². The number of benzene rings is 2. The quantitative estimate of drug-likeness (QED) is 0.909. The molecule has 0 aromatic heterocycles. The second-order valence-electron chi connectivity index (χ2n) is 4.74. The van der Waals surface area contributed by atoms with Crippen molar-refractivity contribution in [3.05, 3.63) is 69.5 Å². The molecule has 20 heavy (non-hydrogen) atoms. The Bertz CT molecular complexity index is 655. The van der Waals surface area contributed by atoms with Crippen LogP contribution in [0.25, 0.3) is 0 Å². The third kappa shape index (κ3) is 3.36. The van der Waals surface area contributed by atoms with E-state index in [1.165, 1.54) is 17.7 Å². The number of halogens is 2. The molecular formula is C16H15ClFNO. The van der Waals surface area contributed by atoms with E-state index < -0.39 is 11.7 Å². The van der Waals surface area contributed by atoms with E-state index in [1.807, 2.05) is 32.0 Å². The van der Waals surface area contributed by atoms with Gasteiger partial charge in [-0.15, -0.1) is 0 Å². The first-order chi connectivity index (χ1) is 9.47. The highest BCUT2D eigenvalue weighted by atomic mass is 35.5. The molecule has 0 radical (unpaired) electrons. The van der Waals surface area contributed by atoms with Gasteiger partial charge in [-0.3, -0.25) is 4.79 Å². The van der Waals surface area contributed by atoms with E-state index in [9.17, 15) is 9.18 Å². The van der Waals surface area contributed by atoms with Crippen LogP contribution in [0.3, 0.4) is 0 Å². The normalized spacial score (nSPS) is 10.4. The fourth-order valence-electron chi connectivity index (χ4n) is 1.99. The molecule has 0 fully saturated rings. The van der Waals surface area contributed by atoms with Crippen molar-refractivity contribution in [2.24, 2.45) is 0 Å². The molecular weight excluding hydrogens is 277 g/mol. The van der Waals surface area contributed by atoms with E-state index in [0.29, 0.717) is 6.54 Å². The fourth-order valence-corrected chi connectivity index (χ4v) is 2.15. The number of carbonyl (C=O) groups excluding carboxylic acids is 1. The van der Waals surface area contributed by atoms with E-state index >= 15 is 0 Å². The number of amides is 1. The summed E-state index contributed by atoms with van der Waals surface area (Å²) in [5.74, 6) is -1.06. The molecule has 2 aromatic carbocycles. The Morgan fingerprint density at radius 3 is 2.60 bits per heavy atom. The molecule has 0 saturated carbocycles. The Morgan fingerprint density at radius 2 is 1.95 bits per heavy atom. The summed E-state index contributed by atoms with van der Waals surface area (Å²) in [6.45, 7) is 4.36. The van der Waals surface area contributed by atoms with Crippen LogP contribution in [0.4, 0.5) is 4.39 Å². The molecule has 4 heteroatoms. The molecule has 0 atom stereocenters. The van der Waals surface area contributed by atoms with Gasteiger partial charge in [0, 0.05) is 11.6 Å². The maximum atomic E-state index is 13.6. The van der Waals surface area contributed by atoms with Gasteiger partial charge in [-0.25, -0.2) is 4.39 Å². The first-order valence-corrected chi connectivity index (χ1v) is 6.64. The second kappa shape index (κ2) is 6.06. The smallest absolute Gasteiger partial charge is 0.254 e. The molecule has 0 heterocycles. The molecule has 0 aliphatic rings. The molecule has 1 N–H and O–H groups in total. The number of hydrogen-bond acceptors (Lipinski definition) is 1. The van der Waals surface area contributed by atoms with Crippen LogP contribution in [0.15, 0.2) is 36.4 Å². The van der Waals surface area contributed by atoms with Crippen LogP contribution in [0.1, 0.15) is 27.0 Å². The molecule has 0 aliphatic carbocycles. The summed E-state index contributed by atoms with van der Waals surface area (Å²) in [5, 5.41) is 2.99. The average molecular weight is 292 g/mol. The minimum absolute atomic E-state index is 0.000773. The van der Waals surface area contributed by atoms with Crippen LogP contribution in [0.5, 0.6) is 0 Å². The summed E-state index contributed by atoms with van der Waals surface area (Å²) in [7, 11) is 0. The summed E-state index contributed by atoms with van der Waals surface area (Å²) in [4.78, 5) is 11.9. The van der Waals surface area contributed by atoms with Crippen LogP contribution in [-0.4, -0.2) is 5.91 Å². The largest absolute Gasteiger partial charge is 0.348 e. The number of hydrogen-bond donors (Lipinski definition) is 1. The van der Waals surface area contributed by atoms with Crippen molar-refractivity contribution in [3.8, 4) is 0 Å². The maximum Gasteiger partial charge on any atom is 0.254 e. The summed E-state index contributed by atoms with van der Waals surface area (Å²) < 4.78 is 13.6. The lowest BCUT2D eigenvalue weighted by atomic mass is 10.1. The van der Waals surface area contributed by atoms with Crippen molar-refractivity contribution in [3.63, 3.8) is 0 Å². The van der Waals surface area contributed by atoms with Gasteiger partial charge in [-0.1, -0.05) is 35.4 Å². The molecule has 0 bridgehead atoms. The van der Waals surface area contributed by atoms with E-state index in [2.05, 4.69) is 5.32 Å². The van der Waals surface area contributed by atoms with Crippen LogP contribution in [0.2, 0.25) is 5.02 Å². The zero-order valence-corrected chi connectivity index (χ0v) is 12.1. The van der Waals surface area contributed by atoms with E-state index in [1.54, 1.807) is 0 Å². The van der Waals surface area contributed by atoms with Gasteiger partial charge in [0.2, 0.25) is 0 Å². The fraction of sp³-hybridized carbons (Fsp3) is 0.188.